The summed E-state index contributed by atoms with van der Waals surface area (Å²) in [6.07, 6.45) is 1.92. The molecule has 1 fully saturated rings. The molecule has 1 aliphatic rings. The van der Waals surface area contributed by atoms with Crippen LogP contribution in [0.2, 0.25) is 0 Å². The zero-order valence-electron chi connectivity index (χ0n) is 11.3. The third-order valence-corrected chi connectivity index (χ3v) is 3.81. The van der Waals surface area contributed by atoms with Crippen LogP contribution in [0.25, 0.3) is 0 Å². The number of hydrogen-bond acceptors (Lipinski definition) is 3. The fourth-order valence-electron chi connectivity index (χ4n) is 2.49. The molecule has 0 spiro atoms. The second-order valence-electron chi connectivity index (χ2n) is 5.12. The predicted octanol–water partition coefficient (Wildman–Crippen LogP) is 2.05. The average molecular weight is 266 g/mol. The molecule has 1 aromatic rings. The van der Waals surface area contributed by atoms with Gasteiger partial charge in [0.1, 0.15) is 5.82 Å². The van der Waals surface area contributed by atoms with E-state index < -0.39 is 5.97 Å². The molecule has 1 saturated heterocycles. The van der Waals surface area contributed by atoms with Crippen LogP contribution in [0.1, 0.15) is 23.2 Å². The Kier molecular flexibility index (Phi) is 4.04. The van der Waals surface area contributed by atoms with Gasteiger partial charge in [0.05, 0.1) is 11.3 Å². The van der Waals surface area contributed by atoms with Crippen molar-refractivity contribution in [3.63, 3.8) is 0 Å². The number of carboxylic acids is 1. The van der Waals surface area contributed by atoms with E-state index in [-0.39, 0.29) is 17.4 Å². The molecule has 1 heterocycles. The molecule has 1 aliphatic heterocycles. The number of rotatable bonds is 3. The van der Waals surface area contributed by atoms with Gasteiger partial charge < -0.3 is 14.9 Å². The lowest BCUT2D eigenvalue weighted by atomic mass is 10.0. The first-order chi connectivity index (χ1) is 8.99. The Morgan fingerprint density at radius 1 is 1.42 bits per heavy atom. The highest BCUT2D eigenvalue weighted by Crippen LogP contribution is 2.25. The van der Waals surface area contributed by atoms with Crippen LogP contribution in [0.3, 0.4) is 0 Å². The third-order valence-electron chi connectivity index (χ3n) is 3.81. The molecule has 1 N–H and O–H groups in total. The summed E-state index contributed by atoms with van der Waals surface area (Å²) in [5.74, 6) is -1.40. The van der Waals surface area contributed by atoms with Crippen LogP contribution in [0, 0.1) is 5.82 Å². The van der Waals surface area contributed by atoms with Crippen LogP contribution < -0.4 is 4.90 Å². The first-order valence-electron chi connectivity index (χ1n) is 6.43. The Hall–Kier alpha value is -1.62. The quantitative estimate of drug-likeness (QED) is 0.909. The Balaban J connectivity index is 2.20. The molecule has 0 amide bonds. The van der Waals surface area contributed by atoms with Crippen LogP contribution in [0.15, 0.2) is 18.2 Å². The van der Waals surface area contributed by atoms with E-state index in [1.165, 1.54) is 18.2 Å². The SMILES string of the molecule is CN1CCC(N(C)c2cc(C(=O)O)ccc2F)CC1. The van der Waals surface area contributed by atoms with Gasteiger partial charge in [-0.25, -0.2) is 9.18 Å². The maximum atomic E-state index is 13.9. The molecule has 1 aromatic carbocycles. The molecule has 104 valence electrons. The molecule has 5 heteroatoms. The molecule has 0 aromatic heterocycles. The number of aromatic carboxylic acids is 1. The number of carboxylic acid groups (broad SMARTS) is 1. The summed E-state index contributed by atoms with van der Waals surface area (Å²) < 4.78 is 13.9. The summed E-state index contributed by atoms with van der Waals surface area (Å²) in [7, 11) is 3.90. The molecule has 2 rings (SSSR count). The number of halogens is 1. The van der Waals surface area contributed by atoms with Gasteiger partial charge in [0.2, 0.25) is 0 Å². The van der Waals surface area contributed by atoms with Crippen LogP contribution in [0.4, 0.5) is 10.1 Å². The molecule has 4 nitrogen and oxygen atoms in total. The summed E-state index contributed by atoms with van der Waals surface area (Å²) in [5.41, 5.74) is 0.491. The number of piperidine rings is 1. The second kappa shape index (κ2) is 5.57. The molecular formula is C14H19FN2O2. The zero-order chi connectivity index (χ0) is 14.0. The fraction of sp³-hybridized carbons (Fsp3) is 0.500. The highest BCUT2D eigenvalue weighted by atomic mass is 19.1. The summed E-state index contributed by atoms with van der Waals surface area (Å²) in [4.78, 5) is 15.1. The van der Waals surface area contributed by atoms with Crippen molar-refractivity contribution in [3.05, 3.63) is 29.6 Å². The van der Waals surface area contributed by atoms with E-state index in [0.717, 1.165) is 25.9 Å². The van der Waals surface area contributed by atoms with Crippen molar-refractivity contribution in [1.29, 1.82) is 0 Å². The minimum Gasteiger partial charge on any atom is -0.478 e. The summed E-state index contributed by atoms with van der Waals surface area (Å²) in [6, 6.07) is 4.19. The van der Waals surface area contributed by atoms with Crippen molar-refractivity contribution in [1.82, 2.24) is 4.90 Å². The lowest BCUT2D eigenvalue weighted by Crippen LogP contribution is -2.42. The normalized spacial score (nSPS) is 17.4. The molecular weight excluding hydrogens is 247 g/mol. The predicted molar refractivity (Wildman–Crippen MR) is 72.3 cm³/mol. The number of carbonyl (C=O) groups is 1. The monoisotopic (exact) mass is 266 g/mol. The first kappa shape index (κ1) is 13.8. The van der Waals surface area contributed by atoms with Gasteiger partial charge in [-0.2, -0.15) is 0 Å². The minimum absolute atomic E-state index is 0.121. The number of likely N-dealkylation sites (tertiary alicyclic amines) is 1. The topological polar surface area (TPSA) is 43.8 Å². The standard InChI is InChI=1S/C14H19FN2O2/c1-16-7-5-11(6-8-16)17(2)13-9-10(14(18)19)3-4-12(13)15/h3-4,9,11H,5-8H2,1-2H3,(H,18,19). The third kappa shape index (κ3) is 3.04. The molecule has 0 aliphatic carbocycles. The van der Waals surface area contributed by atoms with Gasteiger partial charge in [-0.15, -0.1) is 0 Å². The number of hydrogen-bond donors (Lipinski definition) is 1. The van der Waals surface area contributed by atoms with Gasteiger partial charge in [-0.1, -0.05) is 0 Å². The van der Waals surface area contributed by atoms with Gasteiger partial charge >= 0.3 is 5.97 Å². The van der Waals surface area contributed by atoms with E-state index in [0.29, 0.717) is 5.69 Å². The maximum Gasteiger partial charge on any atom is 0.335 e. The van der Waals surface area contributed by atoms with E-state index in [1.807, 2.05) is 11.9 Å². The van der Waals surface area contributed by atoms with Crippen molar-refractivity contribution in [2.45, 2.75) is 18.9 Å². The highest BCUT2D eigenvalue weighted by Gasteiger charge is 2.23. The van der Waals surface area contributed by atoms with Crippen molar-refractivity contribution in [2.24, 2.45) is 0 Å². The first-order valence-corrected chi connectivity index (χ1v) is 6.43. The summed E-state index contributed by atoms with van der Waals surface area (Å²) >= 11 is 0. The van der Waals surface area contributed by atoms with E-state index in [1.54, 1.807) is 0 Å². The Labute approximate surface area is 112 Å². The van der Waals surface area contributed by atoms with Gasteiger partial charge in [0, 0.05) is 13.1 Å². The Morgan fingerprint density at radius 3 is 2.63 bits per heavy atom. The largest absolute Gasteiger partial charge is 0.478 e. The highest BCUT2D eigenvalue weighted by molar-refractivity contribution is 5.88. The van der Waals surface area contributed by atoms with E-state index in [9.17, 15) is 9.18 Å². The maximum absolute atomic E-state index is 13.9. The van der Waals surface area contributed by atoms with Crippen LogP contribution in [0.5, 0.6) is 0 Å². The Bertz CT molecular complexity index is 471. The lowest BCUT2D eigenvalue weighted by molar-refractivity contribution is 0.0697. The van der Waals surface area contributed by atoms with Crippen molar-refractivity contribution >= 4 is 11.7 Å². The zero-order valence-corrected chi connectivity index (χ0v) is 11.3. The Morgan fingerprint density at radius 2 is 2.05 bits per heavy atom. The van der Waals surface area contributed by atoms with Gasteiger partial charge in [-0.3, -0.25) is 0 Å². The molecule has 0 bridgehead atoms. The number of anilines is 1. The summed E-state index contributed by atoms with van der Waals surface area (Å²) in [6.45, 7) is 1.96. The van der Waals surface area contributed by atoms with Crippen molar-refractivity contribution in [2.75, 3.05) is 32.1 Å². The van der Waals surface area contributed by atoms with E-state index in [4.69, 9.17) is 5.11 Å². The smallest absolute Gasteiger partial charge is 0.335 e. The average Bonchev–Trinajstić information content (AvgIpc) is 2.39. The van der Waals surface area contributed by atoms with E-state index in [2.05, 4.69) is 11.9 Å². The molecule has 0 saturated carbocycles. The summed E-state index contributed by atoms with van der Waals surface area (Å²) in [5, 5.41) is 8.98. The van der Waals surface area contributed by atoms with Gasteiger partial charge in [0.15, 0.2) is 0 Å². The lowest BCUT2D eigenvalue weighted by Gasteiger charge is -2.36. The van der Waals surface area contributed by atoms with E-state index >= 15 is 0 Å². The van der Waals surface area contributed by atoms with Crippen molar-refractivity contribution in [3.8, 4) is 0 Å². The fourth-order valence-corrected chi connectivity index (χ4v) is 2.49. The molecule has 0 radical (unpaired) electrons. The van der Waals surface area contributed by atoms with Crippen molar-refractivity contribution < 1.29 is 14.3 Å². The van der Waals surface area contributed by atoms with Crippen LogP contribution in [-0.4, -0.2) is 49.2 Å². The number of nitrogens with zero attached hydrogens (tertiary/aromatic N) is 2. The molecule has 0 unspecified atom stereocenters. The second-order valence-corrected chi connectivity index (χ2v) is 5.12. The van der Waals surface area contributed by atoms with Gasteiger partial charge in [0.25, 0.3) is 0 Å². The van der Waals surface area contributed by atoms with Gasteiger partial charge in [-0.05, 0) is 51.2 Å². The number of benzene rings is 1. The van der Waals surface area contributed by atoms with Crippen LogP contribution >= 0.6 is 0 Å². The van der Waals surface area contributed by atoms with Crippen LogP contribution in [-0.2, 0) is 0 Å². The molecule has 0 atom stereocenters. The molecule has 19 heavy (non-hydrogen) atoms. The minimum atomic E-state index is -1.03.